The minimum absolute atomic E-state index is 0.0253. The summed E-state index contributed by atoms with van der Waals surface area (Å²) in [5.74, 6) is -3.36. The summed E-state index contributed by atoms with van der Waals surface area (Å²) in [5, 5.41) is 0. The fourth-order valence-corrected chi connectivity index (χ4v) is 4.97. The number of rotatable bonds is 5. The van der Waals surface area contributed by atoms with Gasteiger partial charge in [0.25, 0.3) is 0 Å². The van der Waals surface area contributed by atoms with Crippen molar-refractivity contribution in [3.8, 4) is 0 Å². The van der Waals surface area contributed by atoms with E-state index in [1.165, 1.54) is 4.90 Å². The quantitative estimate of drug-likeness (QED) is 0.288. The van der Waals surface area contributed by atoms with E-state index >= 15 is 0 Å². The van der Waals surface area contributed by atoms with Crippen LogP contribution < -0.4 is 4.90 Å². The zero-order valence-corrected chi connectivity index (χ0v) is 21.6. The van der Waals surface area contributed by atoms with Crippen molar-refractivity contribution in [3.63, 3.8) is 0 Å². The van der Waals surface area contributed by atoms with Gasteiger partial charge in [-0.3, -0.25) is 9.69 Å². The Kier molecular flexibility index (Phi) is 8.38. The molecule has 1 unspecified atom stereocenters. The Morgan fingerprint density at radius 2 is 1.50 bits per heavy atom. The third-order valence-corrected chi connectivity index (χ3v) is 6.96. The molecule has 5 nitrogen and oxygen atoms in total. The molecule has 0 bridgehead atoms. The van der Waals surface area contributed by atoms with Crippen molar-refractivity contribution in [3.05, 3.63) is 63.7 Å². The van der Waals surface area contributed by atoms with Gasteiger partial charge in [-0.15, -0.1) is 0 Å². The first-order valence-corrected chi connectivity index (χ1v) is 12.1. The van der Waals surface area contributed by atoms with E-state index in [0.717, 1.165) is 18.2 Å². The second-order valence-electron chi connectivity index (χ2n) is 9.31. The number of carbonyl (C=O) groups excluding carboxylic acids is 2. The number of halogens is 6. The monoisotopic (exact) mass is 545 g/mol. The van der Waals surface area contributed by atoms with Gasteiger partial charge in [0.15, 0.2) is 0 Å². The largest absolute Gasteiger partial charge is 0.469 e. The predicted octanol–water partition coefficient (Wildman–Crippen LogP) is 7.53. The number of ether oxygens (including phenoxy) is 2. The average Bonchev–Trinajstić information content (AvgIpc) is 2.83. The number of anilines is 1. The van der Waals surface area contributed by atoms with Gasteiger partial charge in [0.1, 0.15) is 0 Å². The number of fused-ring (bicyclic) bond motifs is 1. The van der Waals surface area contributed by atoms with Crippen LogP contribution in [-0.4, -0.2) is 31.8 Å². The second kappa shape index (κ2) is 10.9. The van der Waals surface area contributed by atoms with E-state index in [0.29, 0.717) is 29.8 Å². The Bertz CT molecular complexity index is 1180. The number of benzene rings is 2. The van der Waals surface area contributed by atoms with Crippen LogP contribution in [0.5, 0.6) is 0 Å². The van der Waals surface area contributed by atoms with Crippen LogP contribution in [0.1, 0.15) is 71.9 Å². The lowest BCUT2D eigenvalue weighted by Crippen LogP contribution is -2.46. The third kappa shape index (κ3) is 5.76. The number of methoxy groups -OCH3 is 1. The Morgan fingerprint density at radius 3 is 1.97 bits per heavy atom. The number of alkyl halides is 6. The predicted molar refractivity (Wildman–Crippen MR) is 128 cm³/mol. The summed E-state index contributed by atoms with van der Waals surface area (Å²) in [6.07, 6.45) is -10.3. The van der Waals surface area contributed by atoms with Crippen molar-refractivity contribution in [1.82, 2.24) is 0 Å². The molecule has 0 aromatic heterocycles. The molecule has 0 aliphatic carbocycles. The lowest BCUT2D eigenvalue weighted by atomic mass is 9.73. The van der Waals surface area contributed by atoms with Gasteiger partial charge in [0.05, 0.1) is 36.4 Å². The fraction of sp³-hybridized carbons (Fsp3) is 0.481. The maximum absolute atomic E-state index is 13.6. The molecule has 3 rings (SSSR count). The molecule has 1 amide bonds. The van der Waals surface area contributed by atoms with Crippen molar-refractivity contribution in [2.75, 3.05) is 18.6 Å². The lowest BCUT2D eigenvalue weighted by molar-refractivity contribution is -0.145. The molecule has 0 N–H and O–H groups in total. The Labute approximate surface area is 216 Å². The molecule has 0 radical (unpaired) electrons. The van der Waals surface area contributed by atoms with Gasteiger partial charge < -0.3 is 9.47 Å². The normalized spacial score (nSPS) is 18.6. The van der Waals surface area contributed by atoms with E-state index in [9.17, 15) is 35.9 Å². The standard InChI is InChI=1S/C27H29F6NO4/c1-6-19-13-21(20-8-14(3)15(4)9-22(20)34(19)25(36)38-7-2)23(24(35)37-5)16-10-17(26(28,29)30)12-18(11-16)27(31,32)33/h8-12,19,21,23H,6-7,13H2,1-5H3/t19-,21+,23?/m1/s1. The van der Waals surface area contributed by atoms with Crippen LogP contribution in [0.2, 0.25) is 0 Å². The van der Waals surface area contributed by atoms with Gasteiger partial charge in [-0.1, -0.05) is 13.0 Å². The minimum Gasteiger partial charge on any atom is -0.469 e. The number of aryl methyl sites for hydroxylation is 2. The highest BCUT2D eigenvalue weighted by Crippen LogP contribution is 2.49. The van der Waals surface area contributed by atoms with Gasteiger partial charge in [0.2, 0.25) is 0 Å². The smallest absolute Gasteiger partial charge is 0.416 e. The highest BCUT2D eigenvalue weighted by Gasteiger charge is 2.45. The molecule has 1 aliphatic heterocycles. The Balaban J connectivity index is 2.32. The van der Waals surface area contributed by atoms with E-state index in [-0.39, 0.29) is 19.1 Å². The highest BCUT2D eigenvalue weighted by atomic mass is 19.4. The first-order valence-electron chi connectivity index (χ1n) is 12.1. The molecule has 1 heterocycles. The van der Waals surface area contributed by atoms with Gasteiger partial charge in [-0.25, -0.2) is 4.79 Å². The average molecular weight is 546 g/mol. The summed E-state index contributed by atoms with van der Waals surface area (Å²) in [6, 6.07) is 4.05. The third-order valence-electron chi connectivity index (χ3n) is 6.96. The van der Waals surface area contributed by atoms with E-state index in [4.69, 9.17) is 9.47 Å². The van der Waals surface area contributed by atoms with Gasteiger partial charge in [-0.2, -0.15) is 26.3 Å². The summed E-state index contributed by atoms with van der Waals surface area (Å²) in [5.41, 5.74) is -1.09. The van der Waals surface area contributed by atoms with Crippen LogP contribution in [-0.2, 0) is 26.6 Å². The SMILES string of the molecule is CCOC(=O)N1c2cc(C)c(C)cc2[C@@H](C(C(=O)OC)c2cc(C(F)(F)F)cc(C(F)(F)F)c2)C[C@H]1CC. The molecule has 0 spiro atoms. The van der Waals surface area contributed by atoms with Crippen LogP contribution in [0.15, 0.2) is 30.3 Å². The van der Waals surface area contributed by atoms with Gasteiger partial charge in [0, 0.05) is 12.0 Å². The van der Waals surface area contributed by atoms with E-state index in [1.54, 1.807) is 32.9 Å². The van der Waals surface area contributed by atoms with Crippen molar-refractivity contribution < 1.29 is 45.4 Å². The number of hydrogen-bond donors (Lipinski definition) is 0. The molecule has 3 atom stereocenters. The van der Waals surface area contributed by atoms with Crippen LogP contribution in [0.25, 0.3) is 0 Å². The van der Waals surface area contributed by atoms with Crippen molar-refractivity contribution in [2.24, 2.45) is 0 Å². The second-order valence-corrected chi connectivity index (χ2v) is 9.31. The first-order chi connectivity index (χ1) is 17.6. The van der Waals surface area contributed by atoms with Crippen LogP contribution in [0.4, 0.5) is 36.8 Å². The summed E-state index contributed by atoms with van der Waals surface area (Å²) in [7, 11) is 1.03. The maximum Gasteiger partial charge on any atom is 0.416 e. The Morgan fingerprint density at radius 1 is 0.947 bits per heavy atom. The molecule has 0 saturated heterocycles. The van der Waals surface area contributed by atoms with Crippen LogP contribution in [0, 0.1) is 13.8 Å². The maximum atomic E-state index is 13.6. The number of hydrogen-bond acceptors (Lipinski definition) is 4. The zero-order chi connectivity index (χ0) is 28.6. The number of amides is 1. The lowest BCUT2D eigenvalue weighted by Gasteiger charge is -2.42. The molecule has 1 aliphatic rings. The van der Waals surface area contributed by atoms with E-state index in [1.807, 2.05) is 6.92 Å². The highest BCUT2D eigenvalue weighted by molar-refractivity contribution is 5.91. The van der Waals surface area contributed by atoms with Crippen LogP contribution >= 0.6 is 0 Å². The minimum atomic E-state index is -5.08. The summed E-state index contributed by atoms with van der Waals surface area (Å²) < 4.78 is 92.0. The zero-order valence-electron chi connectivity index (χ0n) is 21.6. The first kappa shape index (κ1) is 29.3. The molecule has 2 aromatic rings. The van der Waals surface area contributed by atoms with E-state index in [2.05, 4.69) is 0 Å². The van der Waals surface area contributed by atoms with Gasteiger partial charge in [-0.05, 0) is 80.1 Å². The molecular formula is C27H29F6NO4. The van der Waals surface area contributed by atoms with Crippen LogP contribution in [0.3, 0.4) is 0 Å². The summed E-state index contributed by atoms with van der Waals surface area (Å²) >= 11 is 0. The molecule has 208 valence electrons. The molecule has 0 fully saturated rings. The molecular weight excluding hydrogens is 516 g/mol. The Hall–Kier alpha value is -3.24. The van der Waals surface area contributed by atoms with Crippen molar-refractivity contribution in [1.29, 1.82) is 0 Å². The van der Waals surface area contributed by atoms with Gasteiger partial charge >= 0.3 is 24.4 Å². The molecule has 0 saturated carbocycles. The van der Waals surface area contributed by atoms with Crippen molar-refractivity contribution >= 4 is 17.7 Å². The summed E-state index contributed by atoms with van der Waals surface area (Å²) in [6.45, 7) is 7.13. The molecule has 11 heteroatoms. The van der Waals surface area contributed by atoms with E-state index < -0.39 is 59.0 Å². The topological polar surface area (TPSA) is 55.8 Å². The summed E-state index contributed by atoms with van der Waals surface area (Å²) in [4.78, 5) is 27.5. The molecule has 2 aromatic carbocycles. The number of esters is 1. The fourth-order valence-electron chi connectivity index (χ4n) is 4.97. The molecule has 38 heavy (non-hydrogen) atoms. The number of nitrogens with zero attached hydrogens (tertiary/aromatic N) is 1. The number of carbonyl (C=O) groups is 2. The van der Waals surface area contributed by atoms with Crippen molar-refractivity contribution in [2.45, 2.75) is 70.8 Å².